The molecule has 74 valence electrons. The first-order chi connectivity index (χ1) is 6.77. The number of fused-ring (bicyclic) bond motifs is 1. The van der Waals surface area contributed by atoms with Crippen LogP contribution in [0, 0.1) is 0 Å². The van der Waals surface area contributed by atoms with Gasteiger partial charge in [0, 0.05) is 25.2 Å². The Bertz CT molecular complexity index is 462. The number of thioether (sulfide) groups is 1. The summed E-state index contributed by atoms with van der Waals surface area (Å²) in [6.07, 6.45) is 2.10. The second kappa shape index (κ2) is 4.47. The minimum absolute atomic E-state index is 0.873. The van der Waals surface area contributed by atoms with Crippen molar-refractivity contribution in [1.82, 2.24) is 0 Å². The van der Waals surface area contributed by atoms with Crippen LogP contribution in [-0.2, 0) is 5.33 Å². The zero-order valence-corrected chi connectivity index (χ0v) is 11.7. The Morgan fingerprint density at radius 2 is 2.36 bits per heavy atom. The molecule has 0 bridgehead atoms. The van der Waals surface area contributed by atoms with Gasteiger partial charge in [0.15, 0.2) is 0 Å². The van der Waals surface area contributed by atoms with E-state index in [0.717, 1.165) is 10.2 Å². The number of hydrogen-bond donors (Lipinski definition) is 1. The molecule has 2 aromatic rings. The summed E-state index contributed by atoms with van der Waals surface area (Å²) in [5, 5.41) is 4.37. The van der Waals surface area contributed by atoms with Gasteiger partial charge in [0.1, 0.15) is 0 Å². The molecule has 0 nitrogen and oxygen atoms in total. The molecule has 0 saturated heterocycles. The van der Waals surface area contributed by atoms with Crippen LogP contribution >= 0.6 is 51.7 Å². The Morgan fingerprint density at radius 3 is 3.00 bits per heavy atom. The molecule has 0 unspecified atom stereocenters. The smallest absolute Gasteiger partial charge is 0.0405 e. The van der Waals surface area contributed by atoms with Crippen LogP contribution in [-0.4, -0.2) is 6.26 Å². The van der Waals surface area contributed by atoms with E-state index in [1.807, 2.05) is 0 Å². The second-order valence-corrected chi connectivity index (χ2v) is 5.68. The molecule has 1 heterocycles. The fourth-order valence-electron chi connectivity index (χ4n) is 1.44. The Morgan fingerprint density at radius 1 is 1.57 bits per heavy atom. The maximum atomic E-state index is 4.52. The maximum absolute atomic E-state index is 4.52. The first kappa shape index (κ1) is 10.9. The molecule has 0 aliphatic carbocycles. The van der Waals surface area contributed by atoms with Crippen LogP contribution in [0.1, 0.15) is 5.56 Å². The molecule has 0 spiro atoms. The third-order valence-corrected chi connectivity index (χ3v) is 4.85. The molecule has 0 amide bonds. The minimum atomic E-state index is 0.873. The molecule has 14 heavy (non-hydrogen) atoms. The predicted octanol–water partition coefficient (Wildman–Crippen LogP) is 4.81. The van der Waals surface area contributed by atoms with E-state index < -0.39 is 0 Å². The lowest BCUT2D eigenvalue weighted by atomic mass is 10.2. The minimum Gasteiger partial charge on any atom is -0.143 e. The summed E-state index contributed by atoms with van der Waals surface area (Å²) in [5.41, 5.74) is 1.30. The van der Waals surface area contributed by atoms with Gasteiger partial charge in [-0.25, -0.2) is 0 Å². The first-order valence-corrected chi connectivity index (χ1v) is 7.77. The zero-order valence-electron chi connectivity index (χ0n) is 7.58. The highest BCUT2D eigenvalue weighted by molar-refractivity contribution is 9.08. The summed E-state index contributed by atoms with van der Waals surface area (Å²) in [7, 11) is 0. The van der Waals surface area contributed by atoms with Gasteiger partial charge in [-0.05, 0) is 29.3 Å². The van der Waals surface area contributed by atoms with E-state index in [1.54, 1.807) is 23.1 Å². The van der Waals surface area contributed by atoms with Gasteiger partial charge in [0.05, 0.1) is 0 Å². The predicted molar refractivity (Wildman–Crippen MR) is 73.5 cm³/mol. The lowest BCUT2D eigenvalue weighted by Crippen LogP contribution is -1.83. The Kier molecular flexibility index (Phi) is 3.47. The molecule has 4 heteroatoms. The standard InChI is InChI=1S/C10H9BrS3/c1-13-9-4-8(12)7(5-11)10-6(9)2-3-14-10/h2-4,12H,5H2,1H3. The highest BCUT2D eigenvalue weighted by Crippen LogP contribution is 2.37. The van der Waals surface area contributed by atoms with E-state index in [-0.39, 0.29) is 0 Å². The summed E-state index contributed by atoms with van der Waals surface area (Å²) >= 11 is 11.6. The largest absolute Gasteiger partial charge is 0.143 e. The van der Waals surface area contributed by atoms with Gasteiger partial charge >= 0.3 is 0 Å². The van der Waals surface area contributed by atoms with Crippen molar-refractivity contribution in [2.45, 2.75) is 15.1 Å². The van der Waals surface area contributed by atoms with Gasteiger partial charge in [-0.2, -0.15) is 0 Å². The summed E-state index contributed by atoms with van der Waals surface area (Å²) in [6, 6.07) is 4.34. The van der Waals surface area contributed by atoms with Crippen LogP contribution in [0.25, 0.3) is 10.1 Å². The Labute approximate surface area is 106 Å². The molecule has 0 aliphatic heterocycles. The fraction of sp³-hybridized carbons (Fsp3) is 0.200. The van der Waals surface area contributed by atoms with Crippen molar-refractivity contribution in [3.05, 3.63) is 23.1 Å². The van der Waals surface area contributed by atoms with E-state index in [9.17, 15) is 0 Å². The van der Waals surface area contributed by atoms with Crippen molar-refractivity contribution >= 4 is 61.7 Å². The summed E-state index contributed by atoms with van der Waals surface area (Å²) in [6.45, 7) is 0. The van der Waals surface area contributed by atoms with Crippen molar-refractivity contribution in [3.8, 4) is 0 Å². The number of rotatable bonds is 2. The van der Waals surface area contributed by atoms with Crippen LogP contribution in [0.3, 0.4) is 0 Å². The average molecular weight is 305 g/mol. The Balaban J connectivity index is 2.81. The van der Waals surface area contributed by atoms with E-state index in [4.69, 9.17) is 0 Å². The van der Waals surface area contributed by atoms with Crippen molar-refractivity contribution in [3.63, 3.8) is 0 Å². The van der Waals surface area contributed by atoms with Gasteiger partial charge in [-0.3, -0.25) is 0 Å². The molecule has 2 rings (SSSR count). The van der Waals surface area contributed by atoms with Crippen LogP contribution in [0.15, 0.2) is 27.3 Å². The maximum Gasteiger partial charge on any atom is 0.0405 e. The van der Waals surface area contributed by atoms with Crippen molar-refractivity contribution < 1.29 is 0 Å². The third-order valence-electron chi connectivity index (χ3n) is 2.14. The topological polar surface area (TPSA) is 0 Å². The first-order valence-electron chi connectivity index (χ1n) is 4.10. The fourth-order valence-corrected chi connectivity index (χ4v) is 4.57. The van der Waals surface area contributed by atoms with Crippen LogP contribution in [0.5, 0.6) is 0 Å². The summed E-state index contributed by atoms with van der Waals surface area (Å²) in [4.78, 5) is 2.40. The van der Waals surface area contributed by atoms with Gasteiger partial charge in [0.25, 0.3) is 0 Å². The number of thiol groups is 1. The molecule has 1 aromatic carbocycles. The Hall–Kier alpha value is 0.360. The average Bonchev–Trinajstić information content (AvgIpc) is 2.65. The molecular formula is C10H9BrS3. The van der Waals surface area contributed by atoms with Crippen molar-refractivity contribution in [1.29, 1.82) is 0 Å². The van der Waals surface area contributed by atoms with Crippen molar-refractivity contribution in [2.75, 3.05) is 6.26 Å². The molecule has 0 fully saturated rings. The normalized spacial score (nSPS) is 11.1. The number of halogens is 1. The SMILES string of the molecule is CSc1cc(S)c(CBr)c2sccc12. The van der Waals surface area contributed by atoms with Gasteiger partial charge in [-0.1, -0.05) is 15.9 Å². The highest BCUT2D eigenvalue weighted by atomic mass is 79.9. The van der Waals surface area contributed by atoms with E-state index in [0.29, 0.717) is 0 Å². The lowest BCUT2D eigenvalue weighted by Gasteiger charge is -2.06. The monoisotopic (exact) mass is 304 g/mol. The van der Waals surface area contributed by atoms with E-state index in [2.05, 4.69) is 52.3 Å². The quantitative estimate of drug-likeness (QED) is 0.472. The molecule has 1 aromatic heterocycles. The summed E-state index contributed by atoms with van der Waals surface area (Å²) in [5.74, 6) is 0. The third kappa shape index (κ3) is 1.73. The highest BCUT2D eigenvalue weighted by Gasteiger charge is 2.09. The van der Waals surface area contributed by atoms with Gasteiger partial charge < -0.3 is 0 Å². The number of benzene rings is 1. The van der Waals surface area contributed by atoms with Crippen LogP contribution in [0.2, 0.25) is 0 Å². The van der Waals surface area contributed by atoms with E-state index >= 15 is 0 Å². The summed E-state index contributed by atoms with van der Waals surface area (Å²) < 4.78 is 1.36. The lowest BCUT2D eigenvalue weighted by molar-refractivity contribution is 1.30. The van der Waals surface area contributed by atoms with Crippen LogP contribution in [0.4, 0.5) is 0 Å². The van der Waals surface area contributed by atoms with Crippen molar-refractivity contribution in [2.24, 2.45) is 0 Å². The molecule has 0 saturated carbocycles. The van der Waals surface area contributed by atoms with Gasteiger partial charge in [-0.15, -0.1) is 35.7 Å². The second-order valence-electron chi connectivity index (χ2n) is 2.87. The van der Waals surface area contributed by atoms with E-state index in [1.165, 1.54) is 20.5 Å². The molecule has 0 aliphatic rings. The molecule has 0 atom stereocenters. The number of thiophene rings is 1. The zero-order chi connectivity index (χ0) is 10.1. The van der Waals surface area contributed by atoms with Crippen LogP contribution < -0.4 is 0 Å². The number of alkyl halides is 1. The molecular weight excluding hydrogens is 296 g/mol. The number of hydrogen-bond acceptors (Lipinski definition) is 3. The molecule has 0 radical (unpaired) electrons. The van der Waals surface area contributed by atoms with Gasteiger partial charge in [0.2, 0.25) is 0 Å². The molecule has 0 N–H and O–H groups in total.